The minimum Gasteiger partial charge on any atom is -0.308 e. The van der Waals surface area contributed by atoms with Crippen LogP contribution in [0.1, 0.15) is 0 Å². The van der Waals surface area contributed by atoms with E-state index in [1.165, 1.54) is 0 Å². The molecule has 0 atom stereocenters. The first-order valence-electron chi connectivity index (χ1n) is 30.2. The average molecular weight is 1120 g/mol. The molecule has 0 aliphatic carbocycles. The van der Waals surface area contributed by atoms with Gasteiger partial charge >= 0.3 is 0 Å². The molecule has 17 rings (SSSR count). The van der Waals surface area contributed by atoms with Gasteiger partial charge in [0, 0.05) is 77.4 Å². The molecule has 8 bridgehead atoms. The molecule has 0 fully saturated rings. The molecule has 0 saturated heterocycles. The van der Waals surface area contributed by atoms with Gasteiger partial charge in [-0.2, -0.15) is 0 Å². The summed E-state index contributed by atoms with van der Waals surface area (Å²) in [5.41, 5.74) is 26.6. The highest BCUT2D eigenvalue weighted by atomic mass is 15.0. The Morgan fingerprint density at radius 1 is 0.170 bits per heavy atom. The third-order valence-electron chi connectivity index (χ3n) is 17.7. The van der Waals surface area contributed by atoms with Crippen LogP contribution in [-0.2, 0) is 0 Å². The molecule has 0 N–H and O–H groups in total. The lowest BCUT2D eigenvalue weighted by atomic mass is 9.84. The number of para-hydroxylation sites is 2. The molecule has 0 amide bonds. The maximum atomic E-state index is 6.49. The van der Waals surface area contributed by atoms with E-state index in [1.54, 1.807) is 0 Å². The molecule has 4 heteroatoms. The minimum atomic E-state index is 0.875. The molecule has 0 spiro atoms. The van der Waals surface area contributed by atoms with E-state index < -0.39 is 0 Å². The lowest BCUT2D eigenvalue weighted by Gasteiger charge is -2.19. The van der Waals surface area contributed by atoms with Crippen LogP contribution >= 0.6 is 0 Å². The van der Waals surface area contributed by atoms with Crippen molar-refractivity contribution in [3.8, 4) is 123 Å². The van der Waals surface area contributed by atoms with Crippen LogP contribution < -0.4 is 0 Å². The van der Waals surface area contributed by atoms with Gasteiger partial charge in [-0.1, -0.05) is 303 Å². The summed E-state index contributed by atoms with van der Waals surface area (Å²) in [5.74, 6) is 0. The summed E-state index contributed by atoms with van der Waals surface area (Å²) in [6.07, 6.45) is 0. The Morgan fingerprint density at radius 2 is 0.420 bits per heavy atom. The molecule has 3 aliphatic heterocycles. The van der Waals surface area contributed by atoms with E-state index in [4.69, 9.17) is 9.97 Å². The number of rotatable bonds is 8. The van der Waals surface area contributed by atoms with Gasteiger partial charge in [0.05, 0.1) is 44.8 Å². The van der Waals surface area contributed by atoms with Gasteiger partial charge in [-0.3, -0.25) is 0 Å². The van der Waals surface area contributed by atoms with Crippen molar-refractivity contribution in [3.05, 3.63) is 328 Å². The Balaban J connectivity index is 1.27. The van der Waals surface area contributed by atoms with Crippen molar-refractivity contribution in [3.63, 3.8) is 0 Å². The van der Waals surface area contributed by atoms with Gasteiger partial charge in [0.2, 0.25) is 0 Å². The van der Waals surface area contributed by atoms with Gasteiger partial charge in [0.1, 0.15) is 0 Å². The SMILES string of the molecule is c1ccc(-c2ccc3c(c2-c2ccccc2)-c2nc-3c(-c3ccccc3)c3c4ccccc4c(c(-c4ccccc4)c4nc(c(-c5ccccc5)c5c6ccccc6c(c2-c2ccccc2)n5-c2ccccc2)-c2ccccc2-4)n3-c2ccccc2)cc1. The van der Waals surface area contributed by atoms with Gasteiger partial charge in [-0.05, 0) is 68.8 Å². The zero-order valence-corrected chi connectivity index (χ0v) is 48.0. The zero-order valence-electron chi connectivity index (χ0n) is 48.0. The van der Waals surface area contributed by atoms with Crippen molar-refractivity contribution in [2.24, 2.45) is 0 Å². The second-order valence-electron chi connectivity index (χ2n) is 22.6. The molecule has 0 unspecified atom stereocenters. The Bertz CT molecular complexity index is 5360. The number of hydrogen-bond donors (Lipinski definition) is 0. The molecule has 12 aromatic carbocycles. The summed E-state index contributed by atoms with van der Waals surface area (Å²) in [6.45, 7) is 0. The maximum absolute atomic E-state index is 6.49. The quantitative estimate of drug-likeness (QED) is 0.152. The number of hydrogen-bond acceptors (Lipinski definition) is 2. The molecule has 410 valence electrons. The monoisotopic (exact) mass is 1120 g/mol. The molecule has 5 heterocycles. The summed E-state index contributed by atoms with van der Waals surface area (Å²) in [7, 11) is 0. The minimum absolute atomic E-state index is 0.875. The highest BCUT2D eigenvalue weighted by molar-refractivity contribution is 6.24. The van der Waals surface area contributed by atoms with Crippen LogP contribution in [0.15, 0.2) is 328 Å². The number of fused-ring (bicyclic) bond motifs is 10. The van der Waals surface area contributed by atoms with Crippen LogP contribution in [0.3, 0.4) is 0 Å². The van der Waals surface area contributed by atoms with Crippen molar-refractivity contribution in [2.45, 2.75) is 0 Å². The smallest absolute Gasteiger partial charge is 0.0822 e. The summed E-state index contributed by atoms with van der Waals surface area (Å²) in [5, 5.41) is 4.36. The van der Waals surface area contributed by atoms with E-state index in [9.17, 15) is 0 Å². The van der Waals surface area contributed by atoms with Crippen LogP contribution in [-0.4, -0.2) is 19.1 Å². The standard InChI is InChI=1S/C84H54N4/c1-9-31-55(32-10-1)63-53-54-70-76(71(63)56-33-11-2-12-34-56)80-75(60-41-19-6-20-42-60)84-69-52-30-29-51-68(69)82(88(84)62-45-23-8-24-46-62)73(58-37-15-4-16-38-58)78-65-48-26-25-47-64(65)77(85-78)72(57-35-13-3-14-36-57)81-66-49-27-28-50-67(66)83(87(81)61-43-21-7-22-44-61)74(79(70)86-80)59-39-17-5-18-40-59/h1-54H. The maximum Gasteiger partial charge on any atom is 0.0822 e. The van der Waals surface area contributed by atoms with Crippen LogP contribution in [0.4, 0.5) is 0 Å². The van der Waals surface area contributed by atoms with Crippen molar-refractivity contribution in [1.82, 2.24) is 19.1 Å². The van der Waals surface area contributed by atoms with Crippen molar-refractivity contribution in [1.29, 1.82) is 0 Å². The van der Waals surface area contributed by atoms with Gasteiger partial charge in [-0.15, -0.1) is 0 Å². The summed E-state index contributed by atoms with van der Waals surface area (Å²) < 4.78 is 5.07. The normalized spacial score (nSPS) is 11.6. The topological polar surface area (TPSA) is 35.6 Å². The van der Waals surface area contributed by atoms with Crippen LogP contribution in [0.5, 0.6) is 0 Å². The van der Waals surface area contributed by atoms with Gasteiger partial charge in [0.15, 0.2) is 0 Å². The first-order valence-corrected chi connectivity index (χ1v) is 30.2. The Labute approximate surface area is 510 Å². The largest absolute Gasteiger partial charge is 0.308 e. The number of nitrogens with zero attached hydrogens (tertiary/aromatic N) is 4. The molecular formula is C84H54N4. The first kappa shape index (κ1) is 50.8. The Morgan fingerprint density at radius 3 is 0.773 bits per heavy atom. The lowest BCUT2D eigenvalue weighted by molar-refractivity contribution is 1.18. The van der Waals surface area contributed by atoms with Crippen molar-refractivity contribution in [2.75, 3.05) is 0 Å². The molecule has 2 aromatic heterocycles. The fraction of sp³-hybridized carbons (Fsp3) is 0. The van der Waals surface area contributed by atoms with E-state index in [1.807, 2.05) is 0 Å². The summed E-state index contributed by atoms with van der Waals surface area (Å²) >= 11 is 0. The molecule has 4 nitrogen and oxygen atoms in total. The van der Waals surface area contributed by atoms with E-state index in [2.05, 4.69) is 337 Å². The number of benzene rings is 12. The van der Waals surface area contributed by atoms with E-state index >= 15 is 0 Å². The molecule has 3 aliphatic rings. The highest BCUT2D eigenvalue weighted by Gasteiger charge is 2.34. The van der Waals surface area contributed by atoms with Gasteiger partial charge in [0.25, 0.3) is 0 Å². The van der Waals surface area contributed by atoms with Crippen molar-refractivity contribution < 1.29 is 0 Å². The molecule has 14 aromatic rings. The van der Waals surface area contributed by atoms with E-state index in [0.29, 0.717) is 0 Å². The van der Waals surface area contributed by atoms with Crippen LogP contribution in [0.2, 0.25) is 0 Å². The lowest BCUT2D eigenvalue weighted by Crippen LogP contribution is -1.99. The third kappa shape index (κ3) is 8.07. The Kier molecular flexibility index (Phi) is 12.2. The zero-order chi connectivity index (χ0) is 58.1. The third-order valence-corrected chi connectivity index (χ3v) is 17.7. The molecule has 0 saturated carbocycles. The van der Waals surface area contributed by atoms with Crippen LogP contribution in [0.25, 0.3) is 167 Å². The second kappa shape index (κ2) is 21.1. The Hall–Kier alpha value is -11.7. The molecular weight excluding hydrogens is 1060 g/mol. The summed E-state index contributed by atoms with van der Waals surface area (Å²) in [4.78, 5) is 12.7. The second-order valence-corrected chi connectivity index (χ2v) is 22.6. The first-order chi connectivity index (χ1) is 43.8. The van der Waals surface area contributed by atoms with Crippen LogP contribution in [0, 0.1) is 0 Å². The summed E-state index contributed by atoms with van der Waals surface area (Å²) in [6, 6.07) is 119. The van der Waals surface area contributed by atoms with E-state index in [0.717, 1.165) is 167 Å². The predicted octanol–water partition coefficient (Wildman–Crippen LogP) is 22.2. The predicted molar refractivity (Wildman–Crippen MR) is 367 cm³/mol. The highest BCUT2D eigenvalue weighted by Crippen LogP contribution is 2.56. The number of aromatic nitrogens is 4. The average Bonchev–Trinajstić information content (AvgIpc) is 1.69. The van der Waals surface area contributed by atoms with Gasteiger partial charge < -0.3 is 9.13 Å². The van der Waals surface area contributed by atoms with E-state index in [-0.39, 0.29) is 0 Å². The fourth-order valence-electron chi connectivity index (χ4n) is 14.0. The molecule has 88 heavy (non-hydrogen) atoms. The molecule has 0 radical (unpaired) electrons. The van der Waals surface area contributed by atoms with Gasteiger partial charge in [-0.25, -0.2) is 9.97 Å². The van der Waals surface area contributed by atoms with Crippen molar-refractivity contribution >= 4 is 43.6 Å². The fourth-order valence-corrected chi connectivity index (χ4v) is 14.0.